The summed E-state index contributed by atoms with van der Waals surface area (Å²) in [5.74, 6) is 0.685. The van der Waals surface area contributed by atoms with Gasteiger partial charge in [-0.3, -0.25) is 0 Å². The standard InChI is InChI=1S/C16H24BNO5/c1-16(2,3)23-15(19)18-10-8-14(9-11-18)22-13-6-4-12(5-7-13)17(20)21/h4-7,14,20-21H,8-11H2,1-3H3. The summed E-state index contributed by atoms with van der Waals surface area (Å²) in [5.41, 5.74) is -0.0548. The van der Waals surface area contributed by atoms with Crippen LogP contribution in [0.4, 0.5) is 4.79 Å². The van der Waals surface area contributed by atoms with Crippen molar-refractivity contribution in [1.82, 2.24) is 4.90 Å². The van der Waals surface area contributed by atoms with Crippen LogP contribution in [0, 0.1) is 0 Å². The summed E-state index contributed by atoms with van der Waals surface area (Å²) in [6.45, 7) is 6.77. The second-order valence-electron chi connectivity index (χ2n) is 6.73. The van der Waals surface area contributed by atoms with Gasteiger partial charge in [0.1, 0.15) is 17.5 Å². The lowest BCUT2D eigenvalue weighted by Crippen LogP contribution is -2.44. The third-order valence-corrected chi connectivity index (χ3v) is 3.57. The van der Waals surface area contributed by atoms with Gasteiger partial charge in [-0.2, -0.15) is 0 Å². The zero-order chi connectivity index (χ0) is 17.0. The first kappa shape index (κ1) is 17.6. The molecule has 23 heavy (non-hydrogen) atoms. The minimum absolute atomic E-state index is 0.0404. The number of benzene rings is 1. The topological polar surface area (TPSA) is 79.2 Å². The van der Waals surface area contributed by atoms with Gasteiger partial charge in [-0.25, -0.2) is 4.79 Å². The van der Waals surface area contributed by atoms with Crippen molar-refractivity contribution < 1.29 is 24.3 Å². The maximum atomic E-state index is 12.0. The molecule has 2 rings (SSSR count). The highest BCUT2D eigenvalue weighted by Crippen LogP contribution is 2.20. The lowest BCUT2D eigenvalue weighted by molar-refractivity contribution is 0.0126. The molecule has 6 nitrogen and oxygen atoms in total. The van der Waals surface area contributed by atoms with E-state index in [-0.39, 0.29) is 12.2 Å². The minimum Gasteiger partial charge on any atom is -0.490 e. The van der Waals surface area contributed by atoms with Crippen LogP contribution in [0.3, 0.4) is 0 Å². The molecule has 1 amide bonds. The number of ether oxygens (including phenoxy) is 2. The van der Waals surface area contributed by atoms with Crippen LogP contribution < -0.4 is 10.2 Å². The SMILES string of the molecule is CC(C)(C)OC(=O)N1CCC(Oc2ccc(B(O)O)cc2)CC1. The first-order valence-electron chi connectivity index (χ1n) is 7.85. The van der Waals surface area contributed by atoms with Crippen molar-refractivity contribution >= 4 is 18.7 Å². The first-order valence-corrected chi connectivity index (χ1v) is 7.85. The van der Waals surface area contributed by atoms with Gasteiger partial charge in [0, 0.05) is 25.9 Å². The Balaban J connectivity index is 1.81. The van der Waals surface area contributed by atoms with E-state index in [1.54, 1.807) is 29.2 Å². The number of nitrogens with zero attached hydrogens (tertiary/aromatic N) is 1. The van der Waals surface area contributed by atoms with Gasteiger partial charge in [0.05, 0.1) is 0 Å². The number of carbonyl (C=O) groups excluding carboxylic acids is 1. The summed E-state index contributed by atoms with van der Waals surface area (Å²) >= 11 is 0. The second-order valence-corrected chi connectivity index (χ2v) is 6.73. The van der Waals surface area contributed by atoms with Crippen LogP contribution in [-0.4, -0.2) is 53.0 Å². The van der Waals surface area contributed by atoms with Gasteiger partial charge in [0.15, 0.2) is 0 Å². The lowest BCUT2D eigenvalue weighted by Gasteiger charge is -2.33. The van der Waals surface area contributed by atoms with Gasteiger partial charge >= 0.3 is 13.2 Å². The quantitative estimate of drug-likeness (QED) is 0.817. The van der Waals surface area contributed by atoms with E-state index in [0.29, 0.717) is 24.3 Å². The molecule has 0 unspecified atom stereocenters. The fraction of sp³-hybridized carbons (Fsp3) is 0.562. The Morgan fingerprint density at radius 2 is 1.74 bits per heavy atom. The van der Waals surface area contributed by atoms with Crippen LogP contribution in [0.1, 0.15) is 33.6 Å². The average molecular weight is 321 g/mol. The van der Waals surface area contributed by atoms with Gasteiger partial charge in [-0.05, 0) is 38.4 Å². The molecule has 1 aliphatic heterocycles. The van der Waals surface area contributed by atoms with Crippen molar-refractivity contribution in [2.75, 3.05) is 13.1 Å². The molecular weight excluding hydrogens is 297 g/mol. The second kappa shape index (κ2) is 7.23. The minimum atomic E-state index is -1.47. The van der Waals surface area contributed by atoms with Crippen molar-refractivity contribution in [3.05, 3.63) is 24.3 Å². The van der Waals surface area contributed by atoms with Gasteiger partial charge in [-0.15, -0.1) is 0 Å². The van der Waals surface area contributed by atoms with Crippen molar-refractivity contribution in [3.8, 4) is 5.75 Å². The summed E-state index contributed by atoms with van der Waals surface area (Å²) in [7, 11) is -1.47. The largest absolute Gasteiger partial charge is 0.490 e. The molecule has 2 N–H and O–H groups in total. The normalized spacial score (nSPS) is 16.1. The van der Waals surface area contributed by atoms with E-state index >= 15 is 0 Å². The highest BCUT2D eigenvalue weighted by atomic mass is 16.6. The molecule has 0 spiro atoms. The molecule has 1 aliphatic rings. The number of carbonyl (C=O) groups is 1. The molecule has 7 heteroatoms. The van der Waals surface area contributed by atoms with Gasteiger partial charge < -0.3 is 24.4 Å². The highest BCUT2D eigenvalue weighted by molar-refractivity contribution is 6.58. The smallest absolute Gasteiger partial charge is 0.488 e. The number of rotatable bonds is 3. The maximum absolute atomic E-state index is 12.0. The molecule has 1 heterocycles. The predicted molar refractivity (Wildman–Crippen MR) is 87.7 cm³/mol. The molecule has 0 atom stereocenters. The fourth-order valence-corrected chi connectivity index (χ4v) is 2.39. The zero-order valence-electron chi connectivity index (χ0n) is 13.9. The van der Waals surface area contributed by atoms with E-state index in [0.717, 1.165) is 12.8 Å². The van der Waals surface area contributed by atoms with Gasteiger partial charge in [0.25, 0.3) is 0 Å². The molecule has 0 bridgehead atoms. The van der Waals surface area contributed by atoms with Gasteiger partial charge in [-0.1, -0.05) is 12.1 Å². The molecule has 126 valence electrons. The van der Waals surface area contributed by atoms with Crippen molar-refractivity contribution in [2.24, 2.45) is 0 Å². The van der Waals surface area contributed by atoms with Crippen molar-refractivity contribution in [2.45, 2.75) is 45.3 Å². The molecule has 1 saturated heterocycles. The molecule has 0 saturated carbocycles. The molecule has 1 aromatic rings. The van der Waals surface area contributed by atoms with Crippen LogP contribution >= 0.6 is 0 Å². The Bertz CT molecular complexity index is 518. The number of amides is 1. The average Bonchev–Trinajstić information content (AvgIpc) is 2.46. The first-order chi connectivity index (χ1) is 10.7. The van der Waals surface area contributed by atoms with Crippen molar-refractivity contribution in [1.29, 1.82) is 0 Å². The number of piperidine rings is 1. The van der Waals surface area contributed by atoms with E-state index in [4.69, 9.17) is 19.5 Å². The lowest BCUT2D eigenvalue weighted by atomic mass is 9.80. The van der Waals surface area contributed by atoms with E-state index in [9.17, 15) is 4.79 Å². The number of likely N-dealkylation sites (tertiary alicyclic amines) is 1. The van der Waals surface area contributed by atoms with Crippen LogP contribution in [0.5, 0.6) is 5.75 Å². The Labute approximate surface area is 137 Å². The van der Waals surface area contributed by atoms with Crippen LogP contribution in [-0.2, 0) is 4.74 Å². The van der Waals surface area contributed by atoms with E-state index in [1.165, 1.54) is 0 Å². The van der Waals surface area contributed by atoms with Crippen molar-refractivity contribution in [3.63, 3.8) is 0 Å². The highest BCUT2D eigenvalue weighted by Gasteiger charge is 2.27. The Morgan fingerprint density at radius 1 is 1.17 bits per heavy atom. The Morgan fingerprint density at radius 3 is 2.22 bits per heavy atom. The summed E-state index contributed by atoms with van der Waals surface area (Å²) < 4.78 is 11.2. The summed E-state index contributed by atoms with van der Waals surface area (Å²) in [6, 6.07) is 6.68. The third kappa shape index (κ3) is 5.44. The van der Waals surface area contributed by atoms with E-state index in [2.05, 4.69) is 0 Å². The van der Waals surface area contributed by atoms with Crippen LogP contribution in [0.2, 0.25) is 0 Å². The molecular formula is C16H24BNO5. The fourth-order valence-electron chi connectivity index (χ4n) is 2.39. The van der Waals surface area contributed by atoms with Crippen LogP contribution in [0.15, 0.2) is 24.3 Å². The number of hydrogen-bond donors (Lipinski definition) is 2. The van der Waals surface area contributed by atoms with Gasteiger partial charge in [0.2, 0.25) is 0 Å². The molecule has 0 radical (unpaired) electrons. The zero-order valence-corrected chi connectivity index (χ0v) is 13.9. The summed E-state index contributed by atoms with van der Waals surface area (Å²) in [4.78, 5) is 13.7. The predicted octanol–water partition coefficient (Wildman–Crippen LogP) is 1.14. The monoisotopic (exact) mass is 321 g/mol. The maximum Gasteiger partial charge on any atom is 0.488 e. The molecule has 0 aromatic heterocycles. The summed E-state index contributed by atoms with van der Waals surface area (Å²) in [6.07, 6.45) is 1.24. The molecule has 1 fully saturated rings. The summed E-state index contributed by atoms with van der Waals surface area (Å²) in [5, 5.41) is 18.1. The molecule has 1 aromatic carbocycles. The number of hydrogen-bond acceptors (Lipinski definition) is 5. The van der Waals surface area contributed by atoms with Crippen LogP contribution in [0.25, 0.3) is 0 Å². The van der Waals surface area contributed by atoms with E-state index < -0.39 is 12.7 Å². The third-order valence-electron chi connectivity index (χ3n) is 3.57. The Hall–Kier alpha value is -1.73. The van der Waals surface area contributed by atoms with E-state index in [1.807, 2.05) is 20.8 Å². The Kier molecular flexibility index (Phi) is 5.54. The molecule has 0 aliphatic carbocycles.